The van der Waals surface area contributed by atoms with E-state index in [9.17, 15) is 0 Å². The third-order valence-corrected chi connectivity index (χ3v) is 16.1. The number of hydrogen-bond acceptors (Lipinski definition) is 12. The summed E-state index contributed by atoms with van der Waals surface area (Å²) < 4.78 is 61.3. The molecule has 0 unspecified atom stereocenters. The molecule has 0 saturated carbocycles. The Labute approximate surface area is 494 Å². The maximum absolute atomic E-state index is 6.69. The van der Waals surface area contributed by atoms with Crippen LogP contribution in [-0.2, 0) is 41.3 Å². The molecule has 0 aliphatic carbocycles. The Balaban J connectivity index is 1.01. The summed E-state index contributed by atoms with van der Waals surface area (Å²) in [5.74, 6) is 3.04. The molecule has 7 aromatic rings. The molecule has 7 heterocycles. The molecule has 4 aliphatic rings. The minimum absolute atomic E-state index is 0.342. The van der Waals surface area contributed by atoms with Crippen molar-refractivity contribution < 1.29 is 47.4 Å². The molecule has 14 bridgehead atoms. The van der Waals surface area contributed by atoms with Crippen LogP contribution in [0.15, 0.2) is 97.1 Å². The average molecular weight is 1140 g/mol. The van der Waals surface area contributed by atoms with Gasteiger partial charge in [-0.25, -0.2) is 9.97 Å². The van der Waals surface area contributed by atoms with Crippen LogP contribution in [-0.4, -0.2) is 126 Å². The van der Waals surface area contributed by atoms with Gasteiger partial charge in [0.2, 0.25) is 0 Å². The van der Waals surface area contributed by atoms with Gasteiger partial charge in [-0.2, -0.15) is 0 Å². The van der Waals surface area contributed by atoms with E-state index in [1.54, 1.807) is 0 Å². The Morgan fingerprint density at radius 1 is 0.369 bits per heavy atom. The van der Waals surface area contributed by atoms with Gasteiger partial charge in [-0.15, -0.1) is 0 Å². The Morgan fingerprint density at radius 2 is 0.702 bits per heavy atom. The summed E-state index contributed by atoms with van der Waals surface area (Å²) in [7, 11) is 0. The molecule has 4 aromatic carbocycles. The summed E-state index contributed by atoms with van der Waals surface area (Å²) in [6, 6.07) is 33.1. The summed E-state index contributed by atoms with van der Waals surface area (Å²) in [6.45, 7) is 24.4. The highest BCUT2D eigenvalue weighted by Gasteiger charge is 2.28. The minimum atomic E-state index is 0.342. The lowest BCUT2D eigenvalue weighted by Crippen LogP contribution is -2.14. The average Bonchev–Trinajstić information content (AvgIpc) is 2.34. The number of aromatic nitrogens is 4. The predicted octanol–water partition coefficient (Wildman–Crippen LogP) is 14.6. The second-order valence-electron chi connectivity index (χ2n) is 21.1. The van der Waals surface area contributed by atoms with Crippen LogP contribution in [0.1, 0.15) is 99.4 Å². The molecule has 14 nitrogen and oxygen atoms in total. The molecule has 4 aliphatic heterocycles. The largest absolute Gasteiger partial charge is 0.491 e. The van der Waals surface area contributed by atoms with Crippen LogP contribution >= 0.6 is 0 Å². The fourth-order valence-electron chi connectivity index (χ4n) is 11.9. The number of ether oxygens (including phenoxy) is 10. The van der Waals surface area contributed by atoms with Crippen molar-refractivity contribution in [2.75, 3.05) is 106 Å². The number of aromatic amines is 2. The molecular formula is C70H82N4O10. The number of para-hydroxylation sites is 2. The first-order valence-corrected chi connectivity index (χ1v) is 30.1. The van der Waals surface area contributed by atoms with Crippen LogP contribution in [0.3, 0.4) is 0 Å². The van der Waals surface area contributed by atoms with Crippen molar-refractivity contribution >= 4 is 55.1 Å². The maximum atomic E-state index is 6.69. The lowest BCUT2D eigenvalue weighted by atomic mass is 9.93. The predicted molar refractivity (Wildman–Crippen MR) is 337 cm³/mol. The molecule has 2 N–H and O–H groups in total. The van der Waals surface area contributed by atoms with Crippen molar-refractivity contribution in [2.24, 2.45) is 0 Å². The lowest BCUT2D eigenvalue weighted by molar-refractivity contribution is 0.00502. The highest BCUT2D eigenvalue weighted by molar-refractivity contribution is 6.04. The van der Waals surface area contributed by atoms with Crippen LogP contribution in [0, 0.1) is 13.8 Å². The van der Waals surface area contributed by atoms with E-state index in [1.807, 2.05) is 54.6 Å². The van der Waals surface area contributed by atoms with Gasteiger partial charge in [0.25, 0.3) is 0 Å². The first kappa shape index (κ1) is 59.8. The second kappa shape index (κ2) is 29.0. The van der Waals surface area contributed by atoms with Crippen molar-refractivity contribution in [2.45, 2.75) is 81.1 Å². The van der Waals surface area contributed by atoms with Gasteiger partial charge in [0.1, 0.15) is 49.4 Å². The van der Waals surface area contributed by atoms with Crippen LogP contribution < -0.4 is 18.9 Å². The number of allylic oxidation sites excluding steroid dienone is 4. The fourth-order valence-corrected chi connectivity index (χ4v) is 11.9. The molecule has 84 heavy (non-hydrogen) atoms. The summed E-state index contributed by atoms with van der Waals surface area (Å²) >= 11 is 0. The first-order valence-electron chi connectivity index (χ1n) is 30.1. The van der Waals surface area contributed by atoms with Gasteiger partial charge >= 0.3 is 0 Å². The molecule has 0 amide bonds. The van der Waals surface area contributed by atoms with Crippen LogP contribution in [0.5, 0.6) is 23.0 Å². The molecule has 442 valence electrons. The quantitative estimate of drug-likeness (QED) is 0.162. The van der Waals surface area contributed by atoms with E-state index in [-0.39, 0.29) is 0 Å². The third-order valence-electron chi connectivity index (χ3n) is 16.1. The van der Waals surface area contributed by atoms with Gasteiger partial charge in [-0.05, 0) is 134 Å². The number of rotatable bonds is 4. The topological polar surface area (TPSA) is 150 Å². The number of hydrogen-bond donors (Lipinski definition) is 2. The summed E-state index contributed by atoms with van der Waals surface area (Å²) in [4.78, 5) is 19.3. The van der Waals surface area contributed by atoms with E-state index in [4.69, 9.17) is 57.3 Å². The summed E-state index contributed by atoms with van der Waals surface area (Å²) in [5, 5.41) is 1.94. The van der Waals surface area contributed by atoms with Gasteiger partial charge in [-0.3, -0.25) is 0 Å². The van der Waals surface area contributed by atoms with Gasteiger partial charge in [-0.1, -0.05) is 88.4 Å². The van der Waals surface area contributed by atoms with Crippen molar-refractivity contribution in [1.29, 1.82) is 0 Å². The van der Waals surface area contributed by atoms with Crippen molar-refractivity contribution in [3.8, 4) is 45.3 Å². The molecule has 3 aromatic heterocycles. The normalized spacial score (nSPS) is 16.2. The standard InChI is InChI=1S/C70H82N4O10/c1-9-49-45(5)67-65-55-19-13-15-23-63(55)83-41-37-79-33-29-75-27-31-77-35-39-81-61-25-17-22-54-53(61)21-18-26-62(54)82-40-36-78-32-28-76-30-34-80-38-42-84-64-24-16-14-20-56(64)66(69-46(6)50(10-2)58(72-69)43-57(49)71-67)70-48(8)52(12-4)60(74-70)44-59-51(11-3)47(7)68(65)73-59/h13-26,43-44,71,73H,9-12,27-42H2,1-8H3. The number of nitrogens with zero attached hydrogens (tertiary/aromatic N) is 2. The van der Waals surface area contributed by atoms with Crippen molar-refractivity contribution in [1.82, 2.24) is 19.9 Å². The smallest absolute Gasteiger partial charge is 0.127 e. The van der Waals surface area contributed by atoms with Gasteiger partial charge < -0.3 is 57.3 Å². The monoisotopic (exact) mass is 1140 g/mol. The SMILES string of the molecule is CCC1=C(C)c2nc1cc1[nH]c(c(C)c1CC)c1c3[nH]c(cc4nc(c2-c2ccccc2OCCOCCOCCOCCOc2cccc5c(cccc25)OCCOCCOCCOCCOc2ccccc2-1)C(C)=C4CC)c(CC)c3C. The lowest BCUT2D eigenvalue weighted by Gasteiger charge is -2.15. The van der Waals surface area contributed by atoms with Crippen LogP contribution in [0.2, 0.25) is 0 Å². The zero-order valence-corrected chi connectivity index (χ0v) is 50.4. The zero-order chi connectivity index (χ0) is 58.4. The van der Waals surface area contributed by atoms with Gasteiger partial charge in [0.15, 0.2) is 0 Å². The Bertz CT molecular complexity index is 3550. The molecule has 0 spiro atoms. The number of aryl methyl sites for hydroxylation is 4. The number of H-pyrrole nitrogens is 2. The number of nitrogens with one attached hydrogen (secondary N) is 2. The van der Waals surface area contributed by atoms with E-state index in [1.165, 1.54) is 33.4 Å². The van der Waals surface area contributed by atoms with Gasteiger partial charge in [0, 0.05) is 44.1 Å². The van der Waals surface area contributed by atoms with Crippen molar-refractivity contribution in [3.05, 3.63) is 142 Å². The number of fused-ring (bicyclic) bond motifs is 24. The first-order chi connectivity index (χ1) is 41.2. The van der Waals surface area contributed by atoms with E-state index in [0.29, 0.717) is 106 Å². The summed E-state index contributed by atoms with van der Waals surface area (Å²) in [5.41, 5.74) is 21.1. The van der Waals surface area contributed by atoms with Crippen molar-refractivity contribution in [3.63, 3.8) is 0 Å². The molecule has 0 radical (unpaired) electrons. The molecule has 0 atom stereocenters. The second-order valence-corrected chi connectivity index (χ2v) is 21.1. The van der Waals surface area contributed by atoms with E-state index in [2.05, 4.69) is 108 Å². The summed E-state index contributed by atoms with van der Waals surface area (Å²) in [6.07, 6.45) is 3.22. The molecule has 0 saturated heterocycles. The Morgan fingerprint density at radius 3 is 1.07 bits per heavy atom. The zero-order valence-electron chi connectivity index (χ0n) is 50.4. The number of benzene rings is 4. The maximum Gasteiger partial charge on any atom is 0.127 e. The Hall–Kier alpha value is -7.30. The van der Waals surface area contributed by atoms with E-state index >= 15 is 0 Å². The van der Waals surface area contributed by atoms with Gasteiger partial charge in [0.05, 0.1) is 113 Å². The molecule has 11 rings (SSSR count). The fraction of sp³-hybridized carbons (Fsp3) is 0.400. The Kier molecular flexibility index (Phi) is 20.7. The van der Waals surface area contributed by atoms with E-state index in [0.717, 1.165) is 138 Å². The molecule has 14 heteroatoms. The van der Waals surface area contributed by atoms with Crippen LogP contribution in [0.25, 0.3) is 77.4 Å². The highest BCUT2D eigenvalue weighted by atomic mass is 16.6. The van der Waals surface area contributed by atoms with Crippen LogP contribution in [0.4, 0.5) is 0 Å². The van der Waals surface area contributed by atoms with E-state index < -0.39 is 0 Å². The minimum Gasteiger partial charge on any atom is -0.491 e. The molecule has 0 fully saturated rings. The highest BCUT2D eigenvalue weighted by Crippen LogP contribution is 2.47. The third kappa shape index (κ3) is 13.3. The molecular weight excluding hydrogens is 1060 g/mol.